The summed E-state index contributed by atoms with van der Waals surface area (Å²) in [6, 6.07) is 6.87. The van der Waals surface area contributed by atoms with E-state index < -0.39 is 0 Å². The second kappa shape index (κ2) is 9.41. The second-order valence-electron chi connectivity index (χ2n) is 5.20. The minimum Gasteiger partial charge on any atom is -0.493 e. The Morgan fingerprint density at radius 3 is 2.50 bits per heavy atom. The van der Waals surface area contributed by atoms with Crippen LogP contribution in [-0.4, -0.2) is 13.7 Å². The summed E-state index contributed by atoms with van der Waals surface area (Å²) in [5.74, 6) is 1.61. The van der Waals surface area contributed by atoms with Crippen LogP contribution >= 0.6 is 15.9 Å². The normalized spacial score (nSPS) is 14.1. The van der Waals surface area contributed by atoms with Gasteiger partial charge in [-0.15, -0.1) is 0 Å². The lowest BCUT2D eigenvalue weighted by Crippen LogP contribution is -2.25. The van der Waals surface area contributed by atoms with Crippen molar-refractivity contribution in [3.05, 3.63) is 28.2 Å². The number of hydrogen-bond donors (Lipinski definition) is 1. The number of hydrogen-bond acceptors (Lipinski definition) is 2. The number of unbranched alkanes of at least 4 members (excludes halogenated alkanes) is 1. The molecule has 0 aliphatic carbocycles. The van der Waals surface area contributed by atoms with Crippen molar-refractivity contribution in [2.45, 2.75) is 52.5 Å². The lowest BCUT2D eigenvalue weighted by molar-refractivity contribution is 0.332. The number of rotatable bonds is 9. The van der Waals surface area contributed by atoms with Gasteiger partial charge < -0.3 is 10.1 Å². The largest absolute Gasteiger partial charge is 0.493 e. The van der Waals surface area contributed by atoms with E-state index in [1.54, 1.807) is 0 Å². The third-order valence-corrected chi connectivity index (χ3v) is 4.47. The molecule has 2 atom stereocenters. The van der Waals surface area contributed by atoms with E-state index >= 15 is 0 Å². The molecule has 0 spiro atoms. The average Bonchev–Trinajstić information content (AvgIpc) is 2.46. The molecule has 0 heterocycles. The SMILES string of the molecule is CCCCC(CC)C(NC)c1ccc(OCC)c(Br)c1. The smallest absolute Gasteiger partial charge is 0.133 e. The number of nitrogens with one attached hydrogen (secondary N) is 1. The maximum atomic E-state index is 5.59. The molecule has 0 aliphatic rings. The van der Waals surface area contributed by atoms with Crippen LogP contribution in [-0.2, 0) is 0 Å². The van der Waals surface area contributed by atoms with Crippen LogP contribution < -0.4 is 10.1 Å². The van der Waals surface area contributed by atoms with Crippen LogP contribution in [0.15, 0.2) is 22.7 Å². The zero-order valence-electron chi connectivity index (χ0n) is 13.2. The van der Waals surface area contributed by atoms with Gasteiger partial charge >= 0.3 is 0 Å². The maximum absolute atomic E-state index is 5.59. The van der Waals surface area contributed by atoms with Crippen LogP contribution in [0, 0.1) is 5.92 Å². The van der Waals surface area contributed by atoms with Crippen molar-refractivity contribution < 1.29 is 4.74 Å². The van der Waals surface area contributed by atoms with Crippen LogP contribution in [0.5, 0.6) is 5.75 Å². The summed E-state index contributed by atoms with van der Waals surface area (Å²) < 4.78 is 6.63. The van der Waals surface area contributed by atoms with Crippen LogP contribution in [0.1, 0.15) is 58.1 Å². The van der Waals surface area contributed by atoms with Gasteiger partial charge in [0.2, 0.25) is 0 Å². The fraction of sp³-hybridized carbons (Fsp3) is 0.647. The molecule has 3 heteroatoms. The molecule has 0 fully saturated rings. The molecule has 2 nitrogen and oxygen atoms in total. The monoisotopic (exact) mass is 341 g/mol. The van der Waals surface area contributed by atoms with E-state index in [0.717, 1.165) is 10.2 Å². The molecule has 0 saturated heterocycles. The molecule has 0 amide bonds. The first-order valence-electron chi connectivity index (χ1n) is 7.77. The third kappa shape index (κ3) is 4.78. The van der Waals surface area contributed by atoms with E-state index in [1.165, 1.54) is 31.2 Å². The van der Waals surface area contributed by atoms with Gasteiger partial charge in [-0.2, -0.15) is 0 Å². The van der Waals surface area contributed by atoms with Gasteiger partial charge in [0, 0.05) is 6.04 Å². The molecule has 2 unspecified atom stereocenters. The highest BCUT2D eigenvalue weighted by atomic mass is 79.9. The fourth-order valence-corrected chi connectivity index (χ4v) is 3.24. The quantitative estimate of drug-likeness (QED) is 0.655. The molecule has 1 aromatic rings. The Bertz CT molecular complexity index is 395. The van der Waals surface area contributed by atoms with Gasteiger partial charge in [-0.25, -0.2) is 0 Å². The van der Waals surface area contributed by atoms with E-state index in [1.807, 2.05) is 6.92 Å². The first-order chi connectivity index (χ1) is 9.67. The average molecular weight is 342 g/mol. The van der Waals surface area contributed by atoms with Gasteiger partial charge in [0.1, 0.15) is 5.75 Å². The summed E-state index contributed by atoms with van der Waals surface area (Å²) in [6.07, 6.45) is 5.05. The Labute approximate surface area is 132 Å². The standard InChI is InChI=1S/C17H28BrNO/c1-5-8-9-13(6-2)17(19-4)14-10-11-16(20-7-3)15(18)12-14/h10-13,17,19H,5-9H2,1-4H3. The molecule has 0 bridgehead atoms. The Balaban J connectivity index is 2.90. The zero-order valence-corrected chi connectivity index (χ0v) is 14.8. The molecule has 20 heavy (non-hydrogen) atoms. The van der Waals surface area contributed by atoms with Crippen molar-refractivity contribution in [1.29, 1.82) is 0 Å². The Morgan fingerprint density at radius 2 is 2.00 bits per heavy atom. The Hall–Kier alpha value is -0.540. The summed E-state index contributed by atoms with van der Waals surface area (Å²) in [7, 11) is 2.06. The lowest BCUT2D eigenvalue weighted by Gasteiger charge is -2.27. The van der Waals surface area contributed by atoms with Gasteiger partial charge in [-0.3, -0.25) is 0 Å². The van der Waals surface area contributed by atoms with Crippen molar-refractivity contribution in [2.24, 2.45) is 5.92 Å². The van der Waals surface area contributed by atoms with E-state index in [-0.39, 0.29) is 0 Å². The molecule has 0 radical (unpaired) electrons. The van der Waals surface area contributed by atoms with E-state index in [0.29, 0.717) is 18.6 Å². The molecule has 1 N–H and O–H groups in total. The van der Waals surface area contributed by atoms with E-state index in [2.05, 4.69) is 60.3 Å². The molecule has 0 aliphatic heterocycles. The van der Waals surface area contributed by atoms with Crippen molar-refractivity contribution in [3.8, 4) is 5.75 Å². The summed E-state index contributed by atoms with van der Waals surface area (Å²) in [6.45, 7) is 7.25. The van der Waals surface area contributed by atoms with Crippen molar-refractivity contribution in [1.82, 2.24) is 5.32 Å². The highest BCUT2D eigenvalue weighted by Crippen LogP contribution is 2.33. The molecule has 1 aromatic carbocycles. The first-order valence-corrected chi connectivity index (χ1v) is 8.56. The van der Waals surface area contributed by atoms with Gasteiger partial charge in [-0.1, -0.05) is 39.2 Å². The highest BCUT2D eigenvalue weighted by Gasteiger charge is 2.20. The minimum atomic E-state index is 0.415. The van der Waals surface area contributed by atoms with Crippen LogP contribution in [0.3, 0.4) is 0 Å². The molecular formula is C17H28BrNO. The minimum absolute atomic E-state index is 0.415. The number of ether oxygens (including phenoxy) is 1. The summed E-state index contributed by atoms with van der Waals surface area (Å²) in [5, 5.41) is 3.50. The predicted molar refractivity (Wildman–Crippen MR) is 90.4 cm³/mol. The topological polar surface area (TPSA) is 21.3 Å². The lowest BCUT2D eigenvalue weighted by atomic mass is 9.87. The summed E-state index contributed by atoms with van der Waals surface area (Å²) in [4.78, 5) is 0. The Kier molecular flexibility index (Phi) is 8.24. The van der Waals surface area contributed by atoms with Crippen molar-refractivity contribution in [2.75, 3.05) is 13.7 Å². The molecule has 1 rings (SSSR count). The van der Waals surface area contributed by atoms with Gasteiger partial charge in [0.15, 0.2) is 0 Å². The van der Waals surface area contributed by atoms with Crippen LogP contribution in [0.25, 0.3) is 0 Å². The van der Waals surface area contributed by atoms with Gasteiger partial charge in [0.05, 0.1) is 11.1 Å². The van der Waals surface area contributed by atoms with E-state index in [9.17, 15) is 0 Å². The molecule has 0 saturated carbocycles. The van der Waals surface area contributed by atoms with Crippen molar-refractivity contribution >= 4 is 15.9 Å². The maximum Gasteiger partial charge on any atom is 0.133 e. The fourth-order valence-electron chi connectivity index (χ4n) is 2.73. The van der Waals surface area contributed by atoms with Gasteiger partial charge in [0.25, 0.3) is 0 Å². The third-order valence-electron chi connectivity index (χ3n) is 3.85. The van der Waals surface area contributed by atoms with Crippen molar-refractivity contribution in [3.63, 3.8) is 0 Å². The Morgan fingerprint density at radius 1 is 1.25 bits per heavy atom. The predicted octanol–water partition coefficient (Wildman–Crippen LogP) is 5.32. The van der Waals surface area contributed by atoms with E-state index in [4.69, 9.17) is 4.74 Å². The summed E-state index contributed by atoms with van der Waals surface area (Å²) in [5.41, 5.74) is 1.34. The summed E-state index contributed by atoms with van der Waals surface area (Å²) >= 11 is 3.62. The second-order valence-corrected chi connectivity index (χ2v) is 6.05. The molecule has 0 aromatic heterocycles. The van der Waals surface area contributed by atoms with Gasteiger partial charge in [-0.05, 0) is 59.9 Å². The first kappa shape index (κ1) is 17.5. The van der Waals surface area contributed by atoms with Crippen LogP contribution in [0.2, 0.25) is 0 Å². The zero-order chi connectivity index (χ0) is 15.0. The molecule has 114 valence electrons. The number of halogens is 1. The number of benzene rings is 1. The molecular weight excluding hydrogens is 314 g/mol. The van der Waals surface area contributed by atoms with Crippen LogP contribution in [0.4, 0.5) is 0 Å². The highest BCUT2D eigenvalue weighted by molar-refractivity contribution is 9.10.